The number of hydrogen-bond acceptors (Lipinski definition) is 3. The summed E-state index contributed by atoms with van der Waals surface area (Å²) < 4.78 is 23.8. The minimum atomic E-state index is -3.34. The summed E-state index contributed by atoms with van der Waals surface area (Å²) in [5.41, 5.74) is 0.901. The van der Waals surface area contributed by atoms with Crippen molar-refractivity contribution >= 4 is 55.6 Å². The summed E-state index contributed by atoms with van der Waals surface area (Å²) in [6.45, 7) is 0. The number of benzene rings is 2. The van der Waals surface area contributed by atoms with Gasteiger partial charge in [-0.1, -0.05) is 17.7 Å². The van der Waals surface area contributed by atoms with Crippen LogP contribution in [0.5, 0.6) is 0 Å². The molecule has 0 aliphatic heterocycles. The number of anilines is 1. The van der Waals surface area contributed by atoms with Crippen LogP contribution >= 0.6 is 34.2 Å². The topological polar surface area (TPSA) is 63.2 Å². The number of carbonyl (C=O) groups excluding carboxylic acids is 1. The Balaban J connectivity index is 2.29. The lowest BCUT2D eigenvalue weighted by atomic mass is 10.2. The van der Waals surface area contributed by atoms with Gasteiger partial charge in [0.25, 0.3) is 5.91 Å². The Morgan fingerprint density at radius 1 is 1.19 bits per heavy atom. The molecule has 0 saturated carbocycles. The number of rotatable bonds is 3. The van der Waals surface area contributed by atoms with Gasteiger partial charge in [0.05, 0.1) is 10.6 Å². The van der Waals surface area contributed by atoms with Gasteiger partial charge in [-0.3, -0.25) is 4.79 Å². The van der Waals surface area contributed by atoms with Gasteiger partial charge in [-0.25, -0.2) is 8.42 Å². The van der Waals surface area contributed by atoms with Crippen LogP contribution < -0.4 is 5.32 Å². The van der Waals surface area contributed by atoms with Crippen LogP contribution in [-0.4, -0.2) is 20.6 Å². The fraction of sp³-hybridized carbons (Fsp3) is 0.0714. The van der Waals surface area contributed by atoms with Crippen LogP contribution in [0.2, 0.25) is 5.02 Å². The van der Waals surface area contributed by atoms with E-state index >= 15 is 0 Å². The van der Waals surface area contributed by atoms with Crippen LogP contribution in [0.1, 0.15) is 10.4 Å². The molecule has 0 aromatic heterocycles. The molecule has 0 saturated heterocycles. The third-order valence-electron chi connectivity index (χ3n) is 2.70. The van der Waals surface area contributed by atoms with Crippen molar-refractivity contribution < 1.29 is 13.2 Å². The van der Waals surface area contributed by atoms with Gasteiger partial charge in [0.2, 0.25) is 0 Å². The van der Waals surface area contributed by atoms with Gasteiger partial charge in [0.1, 0.15) is 0 Å². The zero-order chi connectivity index (χ0) is 15.6. The Morgan fingerprint density at radius 3 is 2.52 bits per heavy atom. The molecule has 4 nitrogen and oxygen atoms in total. The molecule has 0 aliphatic rings. The third-order valence-corrected chi connectivity index (χ3v) is 4.94. The highest BCUT2D eigenvalue weighted by Crippen LogP contribution is 2.23. The molecule has 2 aromatic rings. The summed E-state index contributed by atoms with van der Waals surface area (Å²) in [5.74, 6) is -0.374. The highest BCUT2D eigenvalue weighted by molar-refractivity contribution is 14.1. The van der Waals surface area contributed by atoms with E-state index in [4.69, 9.17) is 11.6 Å². The van der Waals surface area contributed by atoms with E-state index in [9.17, 15) is 13.2 Å². The average Bonchev–Trinajstić information content (AvgIpc) is 2.41. The van der Waals surface area contributed by atoms with Crippen LogP contribution in [0.15, 0.2) is 47.4 Å². The molecule has 0 unspecified atom stereocenters. The normalized spacial score (nSPS) is 11.2. The largest absolute Gasteiger partial charge is 0.321 e. The molecule has 0 heterocycles. The van der Waals surface area contributed by atoms with Crippen molar-refractivity contribution in [2.45, 2.75) is 4.90 Å². The zero-order valence-corrected chi connectivity index (χ0v) is 14.7. The van der Waals surface area contributed by atoms with E-state index in [1.54, 1.807) is 24.3 Å². The van der Waals surface area contributed by atoms with Crippen LogP contribution in [0.4, 0.5) is 5.69 Å². The monoisotopic (exact) mass is 435 g/mol. The first-order valence-electron chi connectivity index (χ1n) is 5.84. The minimum absolute atomic E-state index is 0.112. The summed E-state index contributed by atoms with van der Waals surface area (Å²) in [5, 5.41) is 3.31. The van der Waals surface area contributed by atoms with Crippen molar-refractivity contribution in [3.63, 3.8) is 0 Å². The van der Waals surface area contributed by atoms with E-state index in [0.29, 0.717) is 10.7 Å². The Morgan fingerprint density at radius 2 is 1.90 bits per heavy atom. The van der Waals surface area contributed by atoms with Gasteiger partial charge in [0, 0.05) is 20.4 Å². The second-order valence-electron chi connectivity index (χ2n) is 4.38. The molecule has 0 fully saturated rings. The Labute approximate surface area is 141 Å². The quantitative estimate of drug-likeness (QED) is 0.749. The molecule has 21 heavy (non-hydrogen) atoms. The van der Waals surface area contributed by atoms with Crippen molar-refractivity contribution in [3.05, 3.63) is 56.6 Å². The highest BCUT2D eigenvalue weighted by atomic mass is 127. The van der Waals surface area contributed by atoms with Crippen LogP contribution in [-0.2, 0) is 9.84 Å². The number of amides is 1. The summed E-state index contributed by atoms with van der Waals surface area (Å²) in [7, 11) is -3.34. The fourth-order valence-electron chi connectivity index (χ4n) is 1.65. The van der Waals surface area contributed by atoms with Gasteiger partial charge in [-0.05, 0) is 59.0 Å². The van der Waals surface area contributed by atoms with Crippen molar-refractivity contribution in [3.8, 4) is 0 Å². The molecule has 0 aliphatic carbocycles. The lowest BCUT2D eigenvalue weighted by Crippen LogP contribution is -2.13. The van der Waals surface area contributed by atoms with E-state index in [1.807, 2.05) is 0 Å². The zero-order valence-electron chi connectivity index (χ0n) is 10.9. The molecule has 0 radical (unpaired) electrons. The van der Waals surface area contributed by atoms with Crippen molar-refractivity contribution in [1.82, 2.24) is 0 Å². The maximum Gasteiger partial charge on any atom is 0.255 e. The van der Waals surface area contributed by atoms with Crippen molar-refractivity contribution in [1.29, 1.82) is 0 Å². The number of carbonyl (C=O) groups is 1. The smallest absolute Gasteiger partial charge is 0.255 e. The molecule has 110 valence electrons. The molecule has 0 bridgehead atoms. The first kappa shape index (κ1) is 16.3. The SMILES string of the molecule is CS(=O)(=O)c1cccc(C(=O)Nc2ccc(Cl)cc2I)c1. The second-order valence-corrected chi connectivity index (χ2v) is 7.99. The summed E-state index contributed by atoms with van der Waals surface area (Å²) >= 11 is 7.92. The standard InChI is InChI=1S/C14H11ClINO3S/c1-21(19,20)11-4-2-3-9(7-11)14(18)17-13-6-5-10(15)8-12(13)16/h2-8H,1H3,(H,17,18). The van der Waals surface area contributed by atoms with Gasteiger partial charge < -0.3 is 5.32 Å². The Bertz CT molecular complexity index is 806. The van der Waals surface area contributed by atoms with Gasteiger partial charge in [-0.2, -0.15) is 0 Å². The van der Waals surface area contributed by atoms with Crippen molar-refractivity contribution in [2.24, 2.45) is 0 Å². The van der Waals surface area contributed by atoms with Crippen LogP contribution in [0.25, 0.3) is 0 Å². The minimum Gasteiger partial charge on any atom is -0.321 e. The molecule has 0 atom stereocenters. The van der Waals surface area contributed by atoms with E-state index < -0.39 is 9.84 Å². The Kier molecular flexibility index (Phi) is 4.90. The fourth-order valence-corrected chi connectivity index (χ4v) is 3.33. The van der Waals surface area contributed by atoms with Crippen LogP contribution in [0.3, 0.4) is 0 Å². The van der Waals surface area contributed by atoms with Gasteiger partial charge >= 0.3 is 0 Å². The maximum absolute atomic E-state index is 12.2. The maximum atomic E-state index is 12.2. The summed E-state index contributed by atoms with van der Waals surface area (Å²) in [4.78, 5) is 12.3. The molecule has 1 amide bonds. The highest BCUT2D eigenvalue weighted by Gasteiger charge is 2.12. The molecule has 1 N–H and O–H groups in total. The first-order valence-corrected chi connectivity index (χ1v) is 9.19. The lowest BCUT2D eigenvalue weighted by Gasteiger charge is -2.08. The summed E-state index contributed by atoms with van der Waals surface area (Å²) in [6.07, 6.45) is 1.10. The number of nitrogens with one attached hydrogen (secondary N) is 1. The predicted molar refractivity (Wildman–Crippen MR) is 91.7 cm³/mol. The van der Waals surface area contributed by atoms with Crippen LogP contribution in [0, 0.1) is 3.57 Å². The van der Waals surface area contributed by atoms with Gasteiger partial charge in [-0.15, -0.1) is 0 Å². The van der Waals surface area contributed by atoms with E-state index in [2.05, 4.69) is 27.9 Å². The predicted octanol–water partition coefficient (Wildman–Crippen LogP) is 3.60. The number of halogens is 2. The first-order chi connectivity index (χ1) is 9.77. The van der Waals surface area contributed by atoms with Crippen molar-refractivity contribution in [2.75, 3.05) is 11.6 Å². The lowest BCUT2D eigenvalue weighted by molar-refractivity contribution is 0.102. The van der Waals surface area contributed by atoms with E-state index in [1.165, 1.54) is 18.2 Å². The molecule has 2 aromatic carbocycles. The third kappa shape index (κ3) is 4.18. The molecular weight excluding hydrogens is 425 g/mol. The van der Waals surface area contributed by atoms with Gasteiger partial charge in [0.15, 0.2) is 9.84 Å². The Hall–Kier alpha value is -1.12. The molecule has 2 rings (SSSR count). The average molecular weight is 436 g/mol. The molecule has 7 heteroatoms. The van der Waals surface area contributed by atoms with E-state index in [-0.39, 0.29) is 16.4 Å². The summed E-state index contributed by atoms with van der Waals surface area (Å²) in [6, 6.07) is 11.0. The second kappa shape index (κ2) is 6.33. The number of sulfone groups is 1. The van der Waals surface area contributed by atoms with E-state index in [0.717, 1.165) is 9.83 Å². The number of hydrogen-bond donors (Lipinski definition) is 1. The molecule has 0 spiro atoms. The molecular formula is C14H11ClINO3S.